The van der Waals surface area contributed by atoms with Crippen molar-refractivity contribution in [1.82, 2.24) is 0 Å². The van der Waals surface area contributed by atoms with Gasteiger partial charge in [-0.05, 0) is 74.4 Å². The van der Waals surface area contributed by atoms with E-state index in [0.29, 0.717) is 11.8 Å². The molecule has 0 nitrogen and oxygen atoms in total. The van der Waals surface area contributed by atoms with Crippen molar-refractivity contribution < 1.29 is 0 Å². The minimum atomic E-state index is 0.295. The predicted molar refractivity (Wildman–Crippen MR) is 134 cm³/mol. The van der Waals surface area contributed by atoms with Crippen molar-refractivity contribution in [1.29, 1.82) is 0 Å². The quantitative estimate of drug-likeness (QED) is 0.379. The van der Waals surface area contributed by atoms with Gasteiger partial charge < -0.3 is 0 Å². The summed E-state index contributed by atoms with van der Waals surface area (Å²) < 4.78 is 0. The maximum atomic E-state index is 2.48. The molecule has 6 rings (SSSR count). The molecule has 0 aliphatic heterocycles. The van der Waals surface area contributed by atoms with Crippen LogP contribution in [0, 0.1) is 23.3 Å². The van der Waals surface area contributed by atoms with Crippen molar-refractivity contribution in [2.45, 2.75) is 32.6 Å². The second-order valence-corrected chi connectivity index (χ2v) is 9.41. The molecular formula is C32H28. The van der Waals surface area contributed by atoms with E-state index in [0.717, 1.165) is 6.42 Å². The number of hydrogen-bond donors (Lipinski definition) is 0. The number of hydrogen-bond acceptors (Lipinski definition) is 0. The van der Waals surface area contributed by atoms with Gasteiger partial charge in [0.1, 0.15) is 0 Å². The van der Waals surface area contributed by atoms with Gasteiger partial charge in [0.2, 0.25) is 0 Å². The van der Waals surface area contributed by atoms with Crippen LogP contribution in [-0.2, 0) is 6.42 Å². The van der Waals surface area contributed by atoms with Crippen molar-refractivity contribution in [3.8, 4) is 0 Å². The minimum absolute atomic E-state index is 0.295. The molecule has 0 bridgehead atoms. The van der Waals surface area contributed by atoms with E-state index in [4.69, 9.17) is 0 Å². The molecule has 4 aromatic carbocycles. The topological polar surface area (TPSA) is 0 Å². The summed E-state index contributed by atoms with van der Waals surface area (Å²) in [4.78, 5) is 0. The van der Waals surface area contributed by atoms with Gasteiger partial charge in [-0.25, -0.2) is 0 Å². The van der Waals surface area contributed by atoms with Crippen LogP contribution in [0.15, 0.2) is 91.0 Å². The van der Waals surface area contributed by atoms with Gasteiger partial charge in [0.15, 0.2) is 0 Å². The summed E-state index contributed by atoms with van der Waals surface area (Å²) in [7, 11) is 0. The van der Waals surface area contributed by atoms with E-state index in [2.05, 4.69) is 111 Å². The third-order valence-corrected chi connectivity index (χ3v) is 7.40. The SMILES string of the molecule is Cc1ccc(C2=c3ccc4c(c3CCC2C)C(c2ccccc2)C=c2ccccc2=4)cc1. The second-order valence-electron chi connectivity index (χ2n) is 9.41. The van der Waals surface area contributed by atoms with E-state index in [-0.39, 0.29) is 0 Å². The van der Waals surface area contributed by atoms with Crippen LogP contribution in [0.5, 0.6) is 0 Å². The first-order valence-electron chi connectivity index (χ1n) is 11.8. The van der Waals surface area contributed by atoms with Crippen molar-refractivity contribution in [2.75, 3.05) is 0 Å². The molecule has 0 saturated heterocycles. The molecule has 0 heterocycles. The van der Waals surface area contributed by atoms with E-state index >= 15 is 0 Å². The van der Waals surface area contributed by atoms with Crippen LogP contribution in [0.3, 0.4) is 0 Å². The average molecular weight is 413 g/mol. The van der Waals surface area contributed by atoms with Crippen LogP contribution in [0.2, 0.25) is 0 Å². The molecule has 0 N–H and O–H groups in total. The summed E-state index contributed by atoms with van der Waals surface area (Å²) >= 11 is 0. The Bertz CT molecular complexity index is 1520. The highest BCUT2D eigenvalue weighted by atomic mass is 14.3. The Morgan fingerprint density at radius 3 is 2.22 bits per heavy atom. The molecular weight excluding hydrogens is 384 g/mol. The van der Waals surface area contributed by atoms with Crippen LogP contribution in [-0.4, -0.2) is 0 Å². The smallest absolute Gasteiger partial charge is 0.0287 e. The first-order valence-corrected chi connectivity index (χ1v) is 11.8. The maximum absolute atomic E-state index is 2.48. The molecule has 2 aliphatic carbocycles. The lowest BCUT2D eigenvalue weighted by atomic mass is 9.75. The summed E-state index contributed by atoms with van der Waals surface area (Å²) in [6.07, 6.45) is 4.83. The molecule has 0 amide bonds. The maximum Gasteiger partial charge on any atom is 0.0287 e. The van der Waals surface area contributed by atoms with E-state index in [9.17, 15) is 0 Å². The molecule has 0 radical (unpaired) electrons. The molecule has 0 heteroatoms. The van der Waals surface area contributed by atoms with Gasteiger partial charge in [0, 0.05) is 5.92 Å². The lowest BCUT2D eigenvalue weighted by molar-refractivity contribution is 0.637. The number of aryl methyl sites for hydroxylation is 1. The van der Waals surface area contributed by atoms with Gasteiger partial charge in [0.05, 0.1) is 0 Å². The largest absolute Gasteiger partial charge is 0.0647 e. The summed E-state index contributed by atoms with van der Waals surface area (Å²) in [6.45, 7) is 4.56. The van der Waals surface area contributed by atoms with Gasteiger partial charge in [-0.2, -0.15) is 0 Å². The molecule has 0 fully saturated rings. The third-order valence-electron chi connectivity index (χ3n) is 7.40. The zero-order chi connectivity index (χ0) is 21.7. The lowest BCUT2D eigenvalue weighted by Crippen LogP contribution is -2.28. The van der Waals surface area contributed by atoms with E-state index < -0.39 is 0 Å². The number of benzene rings is 4. The van der Waals surface area contributed by atoms with Crippen LogP contribution in [0.4, 0.5) is 0 Å². The molecule has 0 spiro atoms. The highest BCUT2D eigenvalue weighted by molar-refractivity contribution is 5.70. The van der Waals surface area contributed by atoms with Crippen LogP contribution in [0.1, 0.15) is 47.1 Å². The second kappa shape index (κ2) is 7.64. The Morgan fingerprint density at radius 1 is 0.688 bits per heavy atom. The Kier molecular flexibility index (Phi) is 4.61. The van der Waals surface area contributed by atoms with E-state index in [1.54, 1.807) is 5.56 Å². The van der Waals surface area contributed by atoms with Crippen molar-refractivity contribution in [3.63, 3.8) is 0 Å². The van der Waals surface area contributed by atoms with Crippen molar-refractivity contribution in [3.05, 3.63) is 140 Å². The predicted octanol–water partition coefficient (Wildman–Crippen LogP) is 5.99. The van der Waals surface area contributed by atoms with Gasteiger partial charge in [-0.3, -0.25) is 0 Å². The fourth-order valence-electron chi connectivity index (χ4n) is 5.79. The summed E-state index contributed by atoms with van der Waals surface area (Å²) in [5, 5.41) is 5.59. The summed E-state index contributed by atoms with van der Waals surface area (Å²) in [6, 6.07) is 33.8. The fraction of sp³-hybridized carbons (Fsp3) is 0.188. The van der Waals surface area contributed by atoms with E-state index in [1.165, 1.54) is 55.1 Å². The van der Waals surface area contributed by atoms with Crippen molar-refractivity contribution in [2.24, 2.45) is 5.92 Å². The molecule has 0 saturated carbocycles. The van der Waals surface area contributed by atoms with E-state index in [1.807, 2.05) is 0 Å². The molecule has 2 unspecified atom stereocenters. The van der Waals surface area contributed by atoms with Crippen LogP contribution >= 0.6 is 0 Å². The number of fused-ring (bicyclic) bond motifs is 4. The Hall–Kier alpha value is -3.38. The first-order chi connectivity index (χ1) is 15.7. The number of rotatable bonds is 2. The molecule has 2 atom stereocenters. The molecule has 4 aromatic rings. The average Bonchev–Trinajstić information content (AvgIpc) is 2.84. The normalized spacial score (nSPS) is 18.9. The standard InChI is InChI=1S/C32H28/c1-21-12-15-24(16-13-21)31-22(2)14-17-29-28(31)19-18-27-26-11-7-6-10-25(26)20-30(32(27)29)23-8-4-3-5-9-23/h3-13,15-16,18-20,22,30H,14,17H2,1-2H3. The lowest BCUT2D eigenvalue weighted by Gasteiger charge is -2.29. The molecule has 0 aromatic heterocycles. The summed E-state index contributed by atoms with van der Waals surface area (Å²) in [5.41, 5.74) is 8.66. The third kappa shape index (κ3) is 3.06. The highest BCUT2D eigenvalue weighted by Crippen LogP contribution is 2.35. The fourth-order valence-corrected chi connectivity index (χ4v) is 5.79. The highest BCUT2D eigenvalue weighted by Gasteiger charge is 2.25. The van der Waals surface area contributed by atoms with Gasteiger partial charge in [0.25, 0.3) is 0 Å². The van der Waals surface area contributed by atoms with Crippen LogP contribution in [0.25, 0.3) is 11.6 Å². The Labute approximate surface area is 189 Å². The Balaban J connectivity index is 1.75. The zero-order valence-electron chi connectivity index (χ0n) is 18.8. The van der Waals surface area contributed by atoms with Gasteiger partial charge in [-0.1, -0.05) is 110 Å². The molecule has 156 valence electrons. The van der Waals surface area contributed by atoms with Gasteiger partial charge >= 0.3 is 0 Å². The van der Waals surface area contributed by atoms with Crippen molar-refractivity contribution >= 4 is 11.6 Å². The zero-order valence-corrected chi connectivity index (χ0v) is 18.8. The summed E-state index contributed by atoms with van der Waals surface area (Å²) in [5.74, 6) is 0.863. The minimum Gasteiger partial charge on any atom is -0.0647 e. The molecule has 32 heavy (non-hydrogen) atoms. The monoisotopic (exact) mass is 412 g/mol. The van der Waals surface area contributed by atoms with Crippen LogP contribution < -0.4 is 10.4 Å². The first kappa shape index (κ1) is 19.3. The Morgan fingerprint density at radius 2 is 1.41 bits per heavy atom. The van der Waals surface area contributed by atoms with Gasteiger partial charge in [-0.15, -0.1) is 0 Å². The molecule has 2 aliphatic rings.